The van der Waals surface area contributed by atoms with Crippen LogP contribution in [0.25, 0.3) is 0 Å². The van der Waals surface area contributed by atoms with Crippen LogP contribution in [0.3, 0.4) is 0 Å². The molecular weight excluding hydrogens is 142 g/mol. The van der Waals surface area contributed by atoms with E-state index in [2.05, 4.69) is 5.32 Å². The summed E-state index contributed by atoms with van der Waals surface area (Å²) in [5, 5.41) is 2.28. The van der Waals surface area contributed by atoms with Gasteiger partial charge in [0.15, 0.2) is 0 Å². The molecule has 3 heteroatoms. The van der Waals surface area contributed by atoms with Crippen LogP contribution < -0.4 is 5.32 Å². The molecule has 3 nitrogen and oxygen atoms in total. The normalized spacial score (nSPS) is 33.8. The minimum atomic E-state index is -0.257. The SMILES string of the molecule is O=C1NC(=O)[C@@H]2C=CC=C[C@H]12. The first-order chi connectivity index (χ1) is 5.29. The smallest absolute Gasteiger partial charge is 0.234 e. The van der Waals surface area contributed by atoms with Crippen LogP contribution in [0.4, 0.5) is 0 Å². The zero-order valence-corrected chi connectivity index (χ0v) is 5.78. The molecule has 11 heavy (non-hydrogen) atoms. The maximum absolute atomic E-state index is 11.0. The molecule has 0 saturated carbocycles. The monoisotopic (exact) mass is 149 g/mol. The number of fused-ring (bicyclic) bond motifs is 1. The molecule has 0 aromatic heterocycles. The average molecular weight is 149 g/mol. The summed E-state index contributed by atoms with van der Waals surface area (Å²) < 4.78 is 0. The van der Waals surface area contributed by atoms with E-state index in [1.165, 1.54) is 0 Å². The first-order valence-corrected chi connectivity index (χ1v) is 3.49. The Bertz CT molecular complexity index is 250. The molecule has 2 rings (SSSR count). The van der Waals surface area contributed by atoms with E-state index in [4.69, 9.17) is 0 Å². The van der Waals surface area contributed by atoms with Gasteiger partial charge in [0.05, 0.1) is 11.8 Å². The van der Waals surface area contributed by atoms with Crippen LogP contribution in [-0.4, -0.2) is 11.8 Å². The van der Waals surface area contributed by atoms with Gasteiger partial charge in [0.2, 0.25) is 11.8 Å². The molecule has 0 unspecified atom stereocenters. The van der Waals surface area contributed by atoms with Gasteiger partial charge in [0.1, 0.15) is 0 Å². The summed E-state index contributed by atoms with van der Waals surface area (Å²) in [7, 11) is 0. The van der Waals surface area contributed by atoms with Crippen molar-refractivity contribution in [1.82, 2.24) is 5.32 Å². The number of allylic oxidation sites excluding steroid dienone is 2. The molecule has 2 atom stereocenters. The van der Waals surface area contributed by atoms with Crippen molar-refractivity contribution in [3.63, 3.8) is 0 Å². The second-order valence-electron chi connectivity index (χ2n) is 2.67. The predicted octanol–water partition coefficient (Wildman–Crippen LogP) is 0.00120. The Kier molecular flexibility index (Phi) is 1.18. The van der Waals surface area contributed by atoms with E-state index in [1.807, 2.05) is 0 Å². The summed E-state index contributed by atoms with van der Waals surface area (Å²) in [4.78, 5) is 22.0. The molecule has 0 bridgehead atoms. The van der Waals surface area contributed by atoms with Crippen molar-refractivity contribution in [2.75, 3.05) is 0 Å². The minimum Gasteiger partial charge on any atom is -0.295 e. The molecule has 0 radical (unpaired) electrons. The van der Waals surface area contributed by atoms with E-state index in [0.29, 0.717) is 0 Å². The fourth-order valence-corrected chi connectivity index (χ4v) is 1.40. The summed E-state index contributed by atoms with van der Waals surface area (Å²) in [5.41, 5.74) is 0. The Morgan fingerprint density at radius 3 is 1.91 bits per heavy atom. The highest BCUT2D eigenvalue weighted by Gasteiger charge is 2.38. The van der Waals surface area contributed by atoms with E-state index >= 15 is 0 Å². The van der Waals surface area contributed by atoms with Gasteiger partial charge in [-0.1, -0.05) is 24.3 Å². The molecule has 1 saturated heterocycles. The number of carbonyl (C=O) groups is 2. The van der Waals surface area contributed by atoms with Crippen LogP contribution in [0.1, 0.15) is 0 Å². The second kappa shape index (κ2) is 2.05. The molecule has 0 spiro atoms. The molecule has 1 aliphatic heterocycles. The van der Waals surface area contributed by atoms with Gasteiger partial charge >= 0.3 is 0 Å². The lowest BCUT2D eigenvalue weighted by Gasteiger charge is -2.08. The highest BCUT2D eigenvalue weighted by atomic mass is 16.2. The van der Waals surface area contributed by atoms with Gasteiger partial charge in [-0.25, -0.2) is 0 Å². The summed E-state index contributed by atoms with van der Waals surface area (Å²) in [6.07, 6.45) is 7.09. The minimum absolute atomic E-state index is 0.180. The van der Waals surface area contributed by atoms with Crippen molar-refractivity contribution < 1.29 is 9.59 Å². The third kappa shape index (κ3) is 0.808. The Labute approximate surface area is 63.8 Å². The quantitative estimate of drug-likeness (QED) is 0.493. The van der Waals surface area contributed by atoms with Gasteiger partial charge in [-0.2, -0.15) is 0 Å². The molecule has 1 N–H and O–H groups in total. The molecule has 56 valence electrons. The summed E-state index contributed by atoms with van der Waals surface area (Å²) >= 11 is 0. The number of nitrogens with one attached hydrogen (secondary N) is 1. The molecule has 2 aliphatic rings. The van der Waals surface area contributed by atoms with E-state index in [1.54, 1.807) is 24.3 Å². The zero-order chi connectivity index (χ0) is 7.84. The number of imide groups is 1. The number of hydrogen-bond donors (Lipinski definition) is 1. The zero-order valence-electron chi connectivity index (χ0n) is 5.78. The average Bonchev–Trinajstić information content (AvgIpc) is 2.30. The summed E-state index contributed by atoms with van der Waals surface area (Å²) in [6, 6.07) is 0. The van der Waals surface area contributed by atoms with Crippen molar-refractivity contribution in [2.24, 2.45) is 11.8 Å². The maximum Gasteiger partial charge on any atom is 0.234 e. The van der Waals surface area contributed by atoms with Gasteiger partial charge in [-0.15, -0.1) is 0 Å². The molecule has 1 fully saturated rings. The van der Waals surface area contributed by atoms with E-state index in [0.717, 1.165) is 0 Å². The Morgan fingerprint density at radius 1 is 1.00 bits per heavy atom. The number of amides is 2. The fraction of sp³-hybridized carbons (Fsp3) is 0.250. The van der Waals surface area contributed by atoms with Crippen LogP contribution in [-0.2, 0) is 9.59 Å². The standard InChI is InChI=1S/C8H7NO2/c10-7-5-3-1-2-4-6(5)8(11)9-7/h1-6H,(H,9,10,11)/t5-,6+. The van der Waals surface area contributed by atoms with Crippen LogP contribution in [0.5, 0.6) is 0 Å². The highest BCUT2D eigenvalue weighted by Crippen LogP contribution is 2.24. The van der Waals surface area contributed by atoms with Gasteiger partial charge in [-0.05, 0) is 0 Å². The van der Waals surface area contributed by atoms with Gasteiger partial charge in [-0.3, -0.25) is 14.9 Å². The second-order valence-corrected chi connectivity index (χ2v) is 2.67. The van der Waals surface area contributed by atoms with Crippen LogP contribution >= 0.6 is 0 Å². The first-order valence-electron chi connectivity index (χ1n) is 3.49. The third-order valence-electron chi connectivity index (χ3n) is 1.99. The molecular formula is C8H7NO2. The fourth-order valence-electron chi connectivity index (χ4n) is 1.40. The molecule has 1 aliphatic carbocycles. The number of carbonyl (C=O) groups excluding carboxylic acids is 2. The predicted molar refractivity (Wildman–Crippen MR) is 38.4 cm³/mol. The largest absolute Gasteiger partial charge is 0.295 e. The lowest BCUT2D eigenvalue weighted by atomic mass is 9.91. The van der Waals surface area contributed by atoms with Crippen LogP contribution in [0.2, 0.25) is 0 Å². The van der Waals surface area contributed by atoms with Crippen molar-refractivity contribution >= 4 is 11.8 Å². The van der Waals surface area contributed by atoms with Gasteiger partial charge in [0.25, 0.3) is 0 Å². The number of hydrogen-bond acceptors (Lipinski definition) is 2. The Hall–Kier alpha value is -1.38. The van der Waals surface area contributed by atoms with Crippen molar-refractivity contribution in [3.05, 3.63) is 24.3 Å². The maximum atomic E-state index is 11.0. The lowest BCUT2D eigenvalue weighted by Crippen LogP contribution is -2.21. The van der Waals surface area contributed by atoms with E-state index in [-0.39, 0.29) is 23.7 Å². The topological polar surface area (TPSA) is 46.2 Å². The molecule has 2 amide bonds. The molecule has 0 aromatic rings. The van der Waals surface area contributed by atoms with Crippen molar-refractivity contribution in [2.45, 2.75) is 0 Å². The van der Waals surface area contributed by atoms with Crippen LogP contribution in [0.15, 0.2) is 24.3 Å². The summed E-state index contributed by atoms with van der Waals surface area (Å²) in [5.74, 6) is -0.874. The number of rotatable bonds is 0. The molecule has 0 aromatic carbocycles. The van der Waals surface area contributed by atoms with Crippen molar-refractivity contribution in [1.29, 1.82) is 0 Å². The third-order valence-corrected chi connectivity index (χ3v) is 1.99. The Balaban J connectivity index is 2.37. The lowest BCUT2D eigenvalue weighted by molar-refractivity contribution is -0.125. The van der Waals surface area contributed by atoms with Crippen molar-refractivity contribution in [3.8, 4) is 0 Å². The van der Waals surface area contributed by atoms with E-state index in [9.17, 15) is 9.59 Å². The Morgan fingerprint density at radius 2 is 1.45 bits per heavy atom. The van der Waals surface area contributed by atoms with Gasteiger partial charge < -0.3 is 0 Å². The van der Waals surface area contributed by atoms with Gasteiger partial charge in [0, 0.05) is 0 Å². The van der Waals surface area contributed by atoms with Crippen LogP contribution in [0, 0.1) is 11.8 Å². The molecule has 1 heterocycles. The summed E-state index contributed by atoms with van der Waals surface area (Å²) in [6.45, 7) is 0. The highest BCUT2D eigenvalue weighted by molar-refractivity contribution is 6.07. The first kappa shape index (κ1) is 6.34. The van der Waals surface area contributed by atoms with E-state index < -0.39 is 0 Å².